The van der Waals surface area contributed by atoms with Crippen LogP contribution < -0.4 is 10.1 Å². The van der Waals surface area contributed by atoms with E-state index in [0.717, 1.165) is 12.2 Å². The average Bonchev–Trinajstić information content (AvgIpc) is 2.34. The fourth-order valence-electron chi connectivity index (χ4n) is 1.20. The lowest BCUT2D eigenvalue weighted by Crippen LogP contribution is -2.20. The highest BCUT2D eigenvalue weighted by Gasteiger charge is 1.96. The van der Waals surface area contributed by atoms with Gasteiger partial charge < -0.3 is 19.9 Å². The van der Waals surface area contributed by atoms with Crippen molar-refractivity contribution >= 4 is 0 Å². The van der Waals surface area contributed by atoms with Crippen LogP contribution in [0.3, 0.4) is 0 Å². The molecule has 0 aliphatic rings. The third-order valence-electron chi connectivity index (χ3n) is 1.96. The number of rotatable bonds is 8. The quantitative estimate of drug-likeness (QED) is 0.619. The van der Waals surface area contributed by atoms with Crippen molar-refractivity contribution in [1.82, 2.24) is 10.3 Å². The topological polar surface area (TPSA) is 63.6 Å². The van der Waals surface area contributed by atoms with E-state index in [1.54, 1.807) is 7.11 Å². The summed E-state index contributed by atoms with van der Waals surface area (Å²) in [5, 5.41) is 11.7. The maximum absolute atomic E-state index is 8.49. The minimum absolute atomic E-state index is 0.0669. The first-order chi connectivity index (χ1) is 7.86. The normalized spacial score (nSPS) is 10.4. The van der Waals surface area contributed by atoms with E-state index in [1.807, 2.05) is 18.2 Å². The van der Waals surface area contributed by atoms with Crippen LogP contribution in [0, 0.1) is 0 Å². The molecule has 0 unspecified atom stereocenters. The zero-order valence-electron chi connectivity index (χ0n) is 9.48. The van der Waals surface area contributed by atoms with Crippen LogP contribution in [-0.4, -0.2) is 43.6 Å². The molecule has 0 spiro atoms. The predicted molar refractivity (Wildman–Crippen MR) is 60.4 cm³/mol. The van der Waals surface area contributed by atoms with Crippen LogP contribution in [0.25, 0.3) is 0 Å². The number of nitrogens with zero attached hydrogens (tertiary/aromatic N) is 1. The highest BCUT2D eigenvalue weighted by Crippen LogP contribution is 2.05. The Hall–Kier alpha value is -1.17. The summed E-state index contributed by atoms with van der Waals surface area (Å²) in [6.45, 7) is 2.46. The maximum Gasteiger partial charge on any atom is 0.213 e. The smallest absolute Gasteiger partial charge is 0.213 e. The van der Waals surface area contributed by atoms with Gasteiger partial charge >= 0.3 is 0 Å². The summed E-state index contributed by atoms with van der Waals surface area (Å²) in [6.07, 6.45) is 0. The summed E-state index contributed by atoms with van der Waals surface area (Å²) < 4.78 is 10.1. The fourth-order valence-corrected chi connectivity index (χ4v) is 1.20. The van der Waals surface area contributed by atoms with Crippen molar-refractivity contribution in [3.63, 3.8) is 0 Å². The lowest BCUT2D eigenvalue weighted by molar-refractivity contribution is 0.0937. The average molecular weight is 226 g/mol. The van der Waals surface area contributed by atoms with Crippen molar-refractivity contribution in [2.45, 2.75) is 6.54 Å². The molecule has 0 aromatic carbocycles. The second-order valence-electron chi connectivity index (χ2n) is 3.18. The van der Waals surface area contributed by atoms with Gasteiger partial charge in [0.2, 0.25) is 5.88 Å². The van der Waals surface area contributed by atoms with Crippen molar-refractivity contribution in [3.05, 3.63) is 23.9 Å². The van der Waals surface area contributed by atoms with Crippen LogP contribution in [-0.2, 0) is 11.3 Å². The van der Waals surface area contributed by atoms with E-state index in [4.69, 9.17) is 14.6 Å². The molecular formula is C11H18N2O3. The number of aromatic nitrogens is 1. The van der Waals surface area contributed by atoms with Gasteiger partial charge in [-0.3, -0.25) is 0 Å². The Morgan fingerprint density at radius 3 is 3.00 bits per heavy atom. The first-order valence-corrected chi connectivity index (χ1v) is 5.26. The number of aliphatic hydroxyl groups excluding tert-OH is 1. The van der Waals surface area contributed by atoms with Gasteiger partial charge in [-0.15, -0.1) is 0 Å². The molecular weight excluding hydrogens is 208 g/mol. The van der Waals surface area contributed by atoms with Gasteiger partial charge in [0, 0.05) is 19.2 Å². The van der Waals surface area contributed by atoms with Crippen molar-refractivity contribution in [3.8, 4) is 5.88 Å². The van der Waals surface area contributed by atoms with Gasteiger partial charge in [-0.1, -0.05) is 6.07 Å². The first-order valence-electron chi connectivity index (χ1n) is 5.26. The summed E-state index contributed by atoms with van der Waals surface area (Å²) in [7, 11) is 1.60. The number of aliphatic hydroxyl groups is 1. The number of hydrogen-bond acceptors (Lipinski definition) is 5. The summed E-state index contributed by atoms with van der Waals surface area (Å²) in [6, 6.07) is 5.66. The highest BCUT2D eigenvalue weighted by atomic mass is 16.5. The predicted octanol–water partition coefficient (Wildman–Crippen LogP) is 0.189. The van der Waals surface area contributed by atoms with E-state index in [1.165, 1.54) is 0 Å². The number of pyridine rings is 1. The van der Waals surface area contributed by atoms with Gasteiger partial charge in [0.1, 0.15) is 0 Å². The Balaban J connectivity index is 2.16. The van der Waals surface area contributed by atoms with Gasteiger partial charge in [-0.25, -0.2) is 4.98 Å². The molecule has 0 radical (unpaired) electrons. The van der Waals surface area contributed by atoms with Gasteiger partial charge in [-0.05, 0) is 6.07 Å². The molecule has 5 nitrogen and oxygen atoms in total. The molecule has 0 atom stereocenters. The SMILES string of the molecule is COc1cccc(CNCCOCCO)n1. The van der Waals surface area contributed by atoms with Crippen LogP contribution in [0.4, 0.5) is 0 Å². The van der Waals surface area contributed by atoms with E-state index in [2.05, 4.69) is 10.3 Å². The van der Waals surface area contributed by atoms with Crippen LogP contribution >= 0.6 is 0 Å². The van der Waals surface area contributed by atoms with Gasteiger partial charge in [-0.2, -0.15) is 0 Å². The highest BCUT2D eigenvalue weighted by molar-refractivity contribution is 5.15. The van der Waals surface area contributed by atoms with E-state index in [9.17, 15) is 0 Å². The molecule has 0 aliphatic heterocycles. The Labute approximate surface area is 95.4 Å². The Morgan fingerprint density at radius 1 is 1.38 bits per heavy atom. The molecule has 0 amide bonds. The van der Waals surface area contributed by atoms with Crippen molar-refractivity contribution in [1.29, 1.82) is 0 Å². The van der Waals surface area contributed by atoms with E-state index >= 15 is 0 Å². The van der Waals surface area contributed by atoms with Gasteiger partial charge in [0.05, 0.1) is 32.6 Å². The molecule has 0 saturated carbocycles. The monoisotopic (exact) mass is 226 g/mol. The fraction of sp³-hybridized carbons (Fsp3) is 0.545. The molecule has 16 heavy (non-hydrogen) atoms. The molecule has 1 heterocycles. The molecule has 1 rings (SSSR count). The number of hydrogen-bond donors (Lipinski definition) is 2. The molecule has 0 bridgehead atoms. The summed E-state index contributed by atoms with van der Waals surface area (Å²) in [5.74, 6) is 0.621. The number of nitrogens with one attached hydrogen (secondary N) is 1. The Bertz CT molecular complexity index is 294. The van der Waals surface area contributed by atoms with Crippen molar-refractivity contribution < 1.29 is 14.6 Å². The zero-order chi connectivity index (χ0) is 11.6. The standard InChI is InChI=1S/C11H18N2O3/c1-15-11-4-2-3-10(13-11)9-12-5-7-16-8-6-14/h2-4,12,14H,5-9H2,1H3. The van der Waals surface area contributed by atoms with Crippen LogP contribution in [0.5, 0.6) is 5.88 Å². The maximum atomic E-state index is 8.49. The molecule has 2 N–H and O–H groups in total. The van der Waals surface area contributed by atoms with Crippen LogP contribution in [0.15, 0.2) is 18.2 Å². The van der Waals surface area contributed by atoms with Crippen LogP contribution in [0.1, 0.15) is 5.69 Å². The van der Waals surface area contributed by atoms with E-state index < -0.39 is 0 Å². The summed E-state index contributed by atoms with van der Waals surface area (Å²) in [4.78, 5) is 4.26. The number of methoxy groups -OCH3 is 1. The first kappa shape index (κ1) is 12.9. The van der Waals surface area contributed by atoms with Crippen molar-refractivity contribution in [2.75, 3.05) is 33.5 Å². The van der Waals surface area contributed by atoms with E-state index in [-0.39, 0.29) is 6.61 Å². The van der Waals surface area contributed by atoms with Gasteiger partial charge in [0.25, 0.3) is 0 Å². The lowest BCUT2D eigenvalue weighted by atomic mass is 10.3. The largest absolute Gasteiger partial charge is 0.481 e. The molecule has 90 valence electrons. The lowest BCUT2D eigenvalue weighted by Gasteiger charge is -2.06. The minimum atomic E-state index is 0.0669. The van der Waals surface area contributed by atoms with Crippen LogP contribution in [0.2, 0.25) is 0 Å². The summed E-state index contributed by atoms with van der Waals surface area (Å²) >= 11 is 0. The Morgan fingerprint density at radius 2 is 2.25 bits per heavy atom. The third-order valence-corrected chi connectivity index (χ3v) is 1.96. The molecule has 0 saturated heterocycles. The molecule has 0 fully saturated rings. The zero-order valence-corrected chi connectivity index (χ0v) is 9.48. The minimum Gasteiger partial charge on any atom is -0.481 e. The summed E-state index contributed by atoms with van der Waals surface area (Å²) in [5.41, 5.74) is 0.932. The Kier molecular flexibility index (Phi) is 6.48. The van der Waals surface area contributed by atoms with Crippen molar-refractivity contribution in [2.24, 2.45) is 0 Å². The second kappa shape index (κ2) is 8.04. The number of ether oxygens (including phenoxy) is 2. The third kappa shape index (κ3) is 5.06. The van der Waals surface area contributed by atoms with E-state index in [0.29, 0.717) is 25.6 Å². The second-order valence-corrected chi connectivity index (χ2v) is 3.18. The molecule has 1 aromatic rings. The molecule has 0 aliphatic carbocycles. The molecule has 5 heteroatoms. The van der Waals surface area contributed by atoms with Gasteiger partial charge in [0.15, 0.2) is 0 Å². The molecule has 1 aromatic heterocycles.